The monoisotopic (exact) mass is 1910 g/mol. The summed E-state index contributed by atoms with van der Waals surface area (Å²) < 4.78 is 66.8. The molecule has 0 aromatic heterocycles. The minimum Gasteiger partial charge on any atom is -0.393 e. The van der Waals surface area contributed by atoms with Crippen molar-refractivity contribution >= 4 is 5.78 Å². The number of allylic oxidation sites excluding steroid dienone is 5. The molecule has 138 heavy (non-hydrogen) atoms. The topological polar surface area (TPSA) is 150 Å². The van der Waals surface area contributed by atoms with Crippen LogP contribution in [0.2, 0.25) is 0 Å². The first-order valence-electron chi connectivity index (χ1n) is 59.2. The minimum absolute atomic E-state index is 0.151. The molecule has 0 radical (unpaired) electrons. The van der Waals surface area contributed by atoms with Crippen molar-refractivity contribution in [1.82, 2.24) is 0 Å². The van der Waals surface area contributed by atoms with E-state index in [0.717, 1.165) is 90.8 Å². The molecular weight excluding hydrogens is 1710 g/mol. The highest BCUT2D eigenvalue weighted by Crippen LogP contribution is 2.78. The fourth-order valence-corrected chi connectivity index (χ4v) is 44.6. The molecule has 49 atom stereocenters. The maximum Gasteiger partial charge on any atom is 0.163 e. The number of hydrogen-bond acceptors (Lipinski definition) is 13. The van der Waals surface area contributed by atoms with Gasteiger partial charge in [0.25, 0.3) is 0 Å². The summed E-state index contributed by atoms with van der Waals surface area (Å²) in [6, 6.07) is 0. The van der Waals surface area contributed by atoms with Crippen LogP contribution in [0, 0.1) is 214 Å². The molecule has 20 aliphatic carbocycles. The Balaban J connectivity index is 0.000000103. The van der Waals surface area contributed by atoms with E-state index in [1.54, 1.807) is 11.1 Å². The lowest BCUT2D eigenvalue weighted by atomic mass is 9.43. The van der Waals surface area contributed by atoms with Gasteiger partial charge in [-0.3, -0.25) is 4.79 Å². The summed E-state index contributed by atoms with van der Waals surface area (Å²) in [5, 5.41) is 21.0. The summed E-state index contributed by atoms with van der Waals surface area (Å²) in [7, 11) is 0. The number of fused-ring (bicyclic) bond motifs is 40. The van der Waals surface area contributed by atoms with Gasteiger partial charge < -0.3 is 57.6 Å². The molecule has 5 heterocycles. The summed E-state index contributed by atoms with van der Waals surface area (Å²) in [6.07, 6.45) is 52.2. The lowest BCUT2D eigenvalue weighted by Gasteiger charge is -2.63. The molecule has 5 saturated heterocycles. The van der Waals surface area contributed by atoms with E-state index >= 15 is 0 Å². The predicted molar refractivity (Wildman–Crippen MR) is 549 cm³/mol. The third-order valence-corrected chi connectivity index (χ3v) is 50.8. The fourth-order valence-electron chi connectivity index (χ4n) is 44.6. The van der Waals surface area contributed by atoms with Gasteiger partial charge in [-0.25, -0.2) is 0 Å². The number of Topliss-reactive ketones (excluding diaryl/α,β-unsaturated/α-hetero) is 1. The highest BCUT2D eigenvalue weighted by Gasteiger charge is 2.76. The molecule has 0 aromatic carbocycles. The molecular formula is C125H202O13. The number of carbonyl (C=O) groups excluding carboxylic acids is 1. The molecule has 25 fully saturated rings. The number of ketones is 1. The van der Waals surface area contributed by atoms with Crippen LogP contribution in [-0.4, -0.2) is 118 Å². The highest BCUT2D eigenvalue weighted by atomic mass is 16.8. The summed E-state index contributed by atoms with van der Waals surface area (Å²) in [5.74, 6) is 16.4. The zero-order valence-electron chi connectivity index (χ0n) is 93.0. The summed E-state index contributed by atoms with van der Waals surface area (Å²) in [4.78, 5) is 12.5. The zero-order chi connectivity index (χ0) is 98.6. The maximum atomic E-state index is 12.5. The predicted octanol–water partition coefficient (Wildman–Crippen LogP) is 29.0. The van der Waals surface area contributed by atoms with Crippen LogP contribution in [0.25, 0.3) is 0 Å². The second-order valence-corrected chi connectivity index (χ2v) is 59.7. The molecule has 20 saturated carbocycles. The van der Waals surface area contributed by atoms with Crippen molar-refractivity contribution in [1.29, 1.82) is 0 Å². The Hall–Kier alpha value is -1.59. The van der Waals surface area contributed by atoms with Crippen molar-refractivity contribution in [3.8, 4) is 0 Å². The van der Waals surface area contributed by atoms with Gasteiger partial charge in [-0.15, -0.1) is 0 Å². The molecule has 0 aromatic rings. The van der Waals surface area contributed by atoms with Gasteiger partial charge >= 0.3 is 0 Å². The third-order valence-electron chi connectivity index (χ3n) is 50.8. The molecule has 21 unspecified atom stereocenters. The SMILES string of the molecule is C/C=C1/CCC2C3C(CC[C@]12C)[C@@]1(C)CC[C@H](C)CC1[C@H]1OC(C)(C)O[C@H]31.C/C=C1/CCC2C3C(CC[C@]12C)[C@@]1(C)CC[C@H](O)CC1[C@H]1OC(C)(C)O[C@H]31.C=C(C)[C@H]1CCC2C3C(CC[C@@]21C)[C@@]1(C)CC[C@H](C)CC1[C@H]1OC(C)(C)O[C@H]31.CC(=O)[C@H]1CCC2C3C(CC[C@@]21C)[C@@]1(C)CC[C@H](C)CC1[C@H]1OC(C)(C)O[C@H]31.CC(O)[C@H]1CCC2C3C(CC[C@@]21C)[C@@]1(C)CC[C@H](C)CC1[C@H]1OC(C)(C)O[C@H]31. The first-order valence-corrected chi connectivity index (χ1v) is 59.2. The molecule has 780 valence electrons. The second-order valence-electron chi connectivity index (χ2n) is 59.7. The van der Waals surface area contributed by atoms with Gasteiger partial charge in [0.2, 0.25) is 0 Å². The molecule has 13 nitrogen and oxygen atoms in total. The fraction of sp³-hybridized carbons (Fsp3) is 0.944. The third kappa shape index (κ3) is 15.8. The molecule has 0 spiro atoms. The summed E-state index contributed by atoms with van der Waals surface area (Å²) in [6.45, 7) is 71.6. The Kier molecular flexibility index (Phi) is 25.9. The Morgan fingerprint density at radius 2 is 0.543 bits per heavy atom. The van der Waals surface area contributed by atoms with E-state index in [-0.39, 0.29) is 71.0 Å². The molecule has 2 N–H and O–H groups in total. The molecule has 5 aliphatic heterocycles. The second kappa shape index (κ2) is 35.0. The van der Waals surface area contributed by atoms with Crippen LogP contribution in [0.4, 0.5) is 0 Å². The Morgan fingerprint density at radius 3 is 0.848 bits per heavy atom. The van der Waals surface area contributed by atoms with Crippen LogP contribution < -0.4 is 0 Å². The molecule has 0 bridgehead atoms. The average molecular weight is 1910 g/mol. The zero-order valence-corrected chi connectivity index (χ0v) is 93.0. The van der Waals surface area contributed by atoms with Gasteiger partial charge in [0, 0.05) is 5.92 Å². The first-order chi connectivity index (χ1) is 64.6. The van der Waals surface area contributed by atoms with Gasteiger partial charge in [-0.1, -0.05) is 158 Å². The number of aliphatic hydroxyl groups is 2. The van der Waals surface area contributed by atoms with Crippen molar-refractivity contribution in [2.45, 2.75) is 528 Å². The largest absolute Gasteiger partial charge is 0.393 e. The summed E-state index contributed by atoms with van der Waals surface area (Å²) >= 11 is 0. The van der Waals surface area contributed by atoms with Crippen LogP contribution in [0.1, 0.15) is 426 Å². The van der Waals surface area contributed by atoms with Gasteiger partial charge in [-0.05, 0) is 511 Å². The maximum absolute atomic E-state index is 12.5. The molecule has 13 heteroatoms. The Bertz CT molecular complexity index is 4350. The minimum atomic E-state index is -0.497. The van der Waals surface area contributed by atoms with Gasteiger partial charge in [-0.2, -0.15) is 0 Å². The van der Waals surface area contributed by atoms with Gasteiger partial charge in [0.1, 0.15) is 5.78 Å². The first kappa shape index (κ1) is 102. The van der Waals surface area contributed by atoms with E-state index in [9.17, 15) is 15.0 Å². The van der Waals surface area contributed by atoms with Crippen molar-refractivity contribution in [2.24, 2.45) is 214 Å². The van der Waals surface area contributed by atoms with Crippen molar-refractivity contribution < 1.29 is 62.4 Å². The lowest BCUT2D eigenvalue weighted by molar-refractivity contribution is -0.186. The van der Waals surface area contributed by atoms with Crippen molar-refractivity contribution in [3.05, 3.63) is 35.5 Å². The smallest absolute Gasteiger partial charge is 0.163 e. The van der Waals surface area contributed by atoms with Gasteiger partial charge in [0.15, 0.2) is 28.9 Å². The normalized spacial score (nSPS) is 57.6. The van der Waals surface area contributed by atoms with E-state index in [2.05, 4.69) is 206 Å². The van der Waals surface area contributed by atoms with Crippen LogP contribution in [0.3, 0.4) is 0 Å². The van der Waals surface area contributed by atoms with E-state index in [4.69, 9.17) is 47.4 Å². The number of hydrogen-bond donors (Lipinski definition) is 2. The Labute approximate surface area is 840 Å². The summed E-state index contributed by atoms with van der Waals surface area (Å²) in [5.41, 5.74) is 8.37. The van der Waals surface area contributed by atoms with E-state index in [1.807, 2.05) is 13.8 Å². The van der Waals surface area contributed by atoms with Crippen molar-refractivity contribution in [2.75, 3.05) is 0 Å². The molecule has 0 amide bonds. The Morgan fingerprint density at radius 1 is 0.297 bits per heavy atom. The standard InChI is InChI=1S/C26H42O2.C25H42O3.C25H40O3.C25H40O2.C24H38O3/c1-15(2)17-8-9-18-21-19(11-13-25(17,18)6)26(7)12-10-16(3)14-20(26)22-23(21)28-24(4,5)27-22;2*1-14-9-11-25(6)18-10-12-24(5)16(15(2)26)7-8-17(24)20(18)22-21(19(25)13-14)27-23(3,4)28-22;1-7-16-8-9-17-20-18(11-13-24(16,17)5)25(6)12-10-15(2)14-19(25)21-22(20)27-23(3,4)26-21;1-6-14-7-8-16-19-17(10-12-23(14,16)4)24(5)11-9-15(25)13-18(24)20-21(19)27-22(2,3)26-20/h16-23H,1,8-14H2,2-7H3;14-22,26H,7-13H2,1-6H3;14,16-22H,7-13H2,1-6H3;7,15,17-22H,8-14H2,1-6H3;6,15-21,25H,7-13H2,1-5H3/b;;;16-7-;14-6-/t16-,17+,18?,19?,20?,21?,22+,23+,25+,26+;14-,15?,16+,17?,18?,19?,20?,21+,22+,24+,25+;14-,16+,17?,18?,19?,20?,21+,22+,24+,25+;15-,17?,18?,19?,20?,21+,22+,24+,25+;15-,16?,17?,18?,19?,20+,21+,23+,24+/m00000/s1. The van der Waals surface area contributed by atoms with Crippen LogP contribution in [0.5, 0.6) is 0 Å². The highest BCUT2D eigenvalue weighted by molar-refractivity contribution is 5.79. The number of rotatable bonds is 3. The molecule has 25 rings (SSSR count). The average Bonchev–Trinajstić information content (AvgIpc) is 1.49. The van der Waals surface area contributed by atoms with Gasteiger partial charge in [0.05, 0.1) is 73.2 Å². The van der Waals surface area contributed by atoms with Crippen molar-refractivity contribution in [3.63, 3.8) is 0 Å². The number of ether oxygens (including phenoxy) is 10. The van der Waals surface area contributed by atoms with E-state index < -0.39 is 28.9 Å². The van der Waals surface area contributed by atoms with Crippen LogP contribution in [0.15, 0.2) is 35.5 Å². The van der Waals surface area contributed by atoms with Crippen LogP contribution in [-0.2, 0) is 52.2 Å². The van der Waals surface area contributed by atoms with E-state index in [0.29, 0.717) is 157 Å². The number of carbonyl (C=O) groups is 1. The lowest BCUT2D eigenvalue weighted by Crippen LogP contribution is -2.63. The quantitative estimate of drug-likeness (QED) is 0.258. The molecule has 25 aliphatic rings. The van der Waals surface area contributed by atoms with Crippen LogP contribution >= 0.6 is 0 Å². The number of aliphatic hydroxyl groups excluding tert-OH is 2. The van der Waals surface area contributed by atoms with E-state index in [1.165, 1.54) is 205 Å².